The Kier molecular flexibility index (Phi) is 5.94. The number of benzene rings is 1. The van der Waals surface area contributed by atoms with Crippen molar-refractivity contribution in [3.05, 3.63) is 35.9 Å². The third kappa shape index (κ3) is 5.22. The second-order valence-corrected chi connectivity index (χ2v) is 7.50. The van der Waals surface area contributed by atoms with Crippen LogP contribution in [0.1, 0.15) is 24.6 Å². The number of nitrogens with zero attached hydrogens (tertiary/aromatic N) is 5. The van der Waals surface area contributed by atoms with Crippen molar-refractivity contribution >= 4 is 23.5 Å². The summed E-state index contributed by atoms with van der Waals surface area (Å²) in [5.41, 5.74) is 0.897. The van der Waals surface area contributed by atoms with Crippen molar-refractivity contribution in [3.8, 4) is 5.75 Å². The Bertz CT molecular complexity index is 959. The second-order valence-electron chi connectivity index (χ2n) is 7.50. The standard InChI is InChI=1S/C20H22F4N6O/c1-29-7-9-30(10-8-29)13-4-5-17(31-20(22,23)24)16(11-13)27-19-26-12-14(21)18(28-19)15-3-2-6-25-15/h4-6,11-12,15H,2-3,7-10H2,1H3,(H,26,27,28). The predicted molar refractivity (Wildman–Crippen MR) is 109 cm³/mol. The lowest BCUT2D eigenvalue weighted by atomic mass is 10.1. The number of alkyl halides is 3. The molecule has 0 radical (unpaired) electrons. The lowest BCUT2D eigenvalue weighted by Gasteiger charge is -2.34. The maximum atomic E-state index is 14.2. The van der Waals surface area contributed by atoms with E-state index in [1.807, 2.05) is 7.05 Å². The highest BCUT2D eigenvalue weighted by Crippen LogP contribution is 2.36. The molecule has 1 saturated heterocycles. The molecule has 1 aromatic heterocycles. The van der Waals surface area contributed by atoms with E-state index in [-0.39, 0.29) is 17.3 Å². The number of hydrogen-bond donors (Lipinski definition) is 1. The largest absolute Gasteiger partial charge is 0.573 e. The smallest absolute Gasteiger partial charge is 0.404 e. The fraction of sp³-hybridized carbons (Fsp3) is 0.450. The fourth-order valence-electron chi connectivity index (χ4n) is 3.60. The van der Waals surface area contributed by atoms with Gasteiger partial charge in [0.2, 0.25) is 5.95 Å². The van der Waals surface area contributed by atoms with Gasteiger partial charge < -0.3 is 19.9 Å². The van der Waals surface area contributed by atoms with Crippen LogP contribution in [-0.4, -0.2) is 60.7 Å². The summed E-state index contributed by atoms with van der Waals surface area (Å²) in [6.45, 7) is 3.17. The van der Waals surface area contributed by atoms with Crippen LogP contribution in [0, 0.1) is 5.82 Å². The molecule has 1 fully saturated rings. The van der Waals surface area contributed by atoms with Crippen molar-refractivity contribution < 1.29 is 22.3 Å². The van der Waals surface area contributed by atoms with E-state index in [1.54, 1.807) is 18.3 Å². The van der Waals surface area contributed by atoms with E-state index >= 15 is 0 Å². The molecule has 1 atom stereocenters. The number of halogens is 4. The first-order valence-corrected chi connectivity index (χ1v) is 9.93. The van der Waals surface area contributed by atoms with Crippen LogP contribution in [-0.2, 0) is 0 Å². The molecule has 166 valence electrons. The summed E-state index contributed by atoms with van der Waals surface area (Å²) in [6, 6.07) is 3.98. The third-order valence-electron chi connectivity index (χ3n) is 5.25. The van der Waals surface area contributed by atoms with E-state index in [2.05, 4.69) is 34.8 Å². The van der Waals surface area contributed by atoms with Gasteiger partial charge in [0.1, 0.15) is 5.69 Å². The molecule has 0 bridgehead atoms. The highest BCUT2D eigenvalue weighted by molar-refractivity contribution is 5.69. The highest BCUT2D eigenvalue weighted by atomic mass is 19.4. The van der Waals surface area contributed by atoms with Crippen LogP contribution in [0.25, 0.3) is 0 Å². The maximum absolute atomic E-state index is 14.2. The number of rotatable bonds is 5. The van der Waals surface area contributed by atoms with Crippen LogP contribution in [0.15, 0.2) is 29.4 Å². The van der Waals surface area contributed by atoms with Crippen molar-refractivity contribution in [2.24, 2.45) is 4.99 Å². The molecule has 7 nitrogen and oxygen atoms in total. The van der Waals surface area contributed by atoms with Gasteiger partial charge in [0.25, 0.3) is 0 Å². The van der Waals surface area contributed by atoms with Gasteiger partial charge in [-0.15, -0.1) is 13.2 Å². The molecule has 3 heterocycles. The van der Waals surface area contributed by atoms with Crippen LogP contribution in [0.5, 0.6) is 5.75 Å². The minimum atomic E-state index is -4.86. The van der Waals surface area contributed by atoms with E-state index in [0.717, 1.165) is 38.1 Å². The van der Waals surface area contributed by atoms with Gasteiger partial charge in [-0.05, 0) is 44.3 Å². The molecule has 1 N–H and O–H groups in total. The van der Waals surface area contributed by atoms with Crippen molar-refractivity contribution in [2.75, 3.05) is 43.4 Å². The zero-order valence-electron chi connectivity index (χ0n) is 16.9. The number of piperazine rings is 1. The van der Waals surface area contributed by atoms with Crippen LogP contribution in [0.2, 0.25) is 0 Å². The SMILES string of the molecule is CN1CCN(c2ccc(OC(F)(F)F)c(Nc3ncc(F)c(C4CCC=N4)n3)c2)CC1. The van der Waals surface area contributed by atoms with E-state index in [1.165, 1.54) is 6.07 Å². The van der Waals surface area contributed by atoms with Gasteiger partial charge in [0.05, 0.1) is 17.9 Å². The zero-order valence-corrected chi connectivity index (χ0v) is 16.9. The molecule has 2 aliphatic heterocycles. The lowest BCUT2D eigenvalue weighted by Crippen LogP contribution is -2.44. The topological polar surface area (TPSA) is 65.9 Å². The number of ether oxygens (including phenoxy) is 1. The Labute approximate surface area is 176 Å². The van der Waals surface area contributed by atoms with E-state index < -0.39 is 24.0 Å². The monoisotopic (exact) mass is 438 g/mol. The van der Waals surface area contributed by atoms with Gasteiger partial charge in [-0.25, -0.2) is 14.4 Å². The normalized spacial score (nSPS) is 19.6. The summed E-state index contributed by atoms with van der Waals surface area (Å²) in [5.74, 6) is -1.05. The minimum absolute atomic E-state index is 0.0268. The van der Waals surface area contributed by atoms with Crippen molar-refractivity contribution in [3.63, 3.8) is 0 Å². The van der Waals surface area contributed by atoms with Crippen molar-refractivity contribution in [1.82, 2.24) is 14.9 Å². The Hall–Kier alpha value is -2.95. The Morgan fingerprint density at radius 1 is 1.16 bits per heavy atom. The quantitative estimate of drug-likeness (QED) is 0.714. The molecule has 0 spiro atoms. The minimum Gasteiger partial charge on any atom is -0.404 e. The first-order chi connectivity index (χ1) is 14.8. The van der Waals surface area contributed by atoms with E-state index in [0.29, 0.717) is 12.8 Å². The van der Waals surface area contributed by atoms with Crippen LogP contribution in [0.4, 0.5) is 34.9 Å². The van der Waals surface area contributed by atoms with E-state index in [9.17, 15) is 17.6 Å². The number of nitrogens with one attached hydrogen (secondary N) is 1. The predicted octanol–water partition coefficient (Wildman–Crippen LogP) is 3.92. The maximum Gasteiger partial charge on any atom is 0.573 e. The average molecular weight is 438 g/mol. The van der Waals surface area contributed by atoms with Crippen molar-refractivity contribution in [2.45, 2.75) is 25.2 Å². The molecule has 0 amide bonds. The van der Waals surface area contributed by atoms with Gasteiger partial charge in [-0.2, -0.15) is 0 Å². The highest BCUT2D eigenvalue weighted by Gasteiger charge is 2.32. The van der Waals surface area contributed by atoms with Gasteiger partial charge in [-0.1, -0.05) is 0 Å². The molecule has 1 unspecified atom stereocenters. The van der Waals surface area contributed by atoms with Gasteiger partial charge in [0, 0.05) is 31.9 Å². The van der Waals surface area contributed by atoms with Crippen LogP contribution >= 0.6 is 0 Å². The Morgan fingerprint density at radius 2 is 1.94 bits per heavy atom. The van der Waals surface area contributed by atoms with Gasteiger partial charge in [0.15, 0.2) is 11.6 Å². The molecule has 4 rings (SSSR count). The van der Waals surface area contributed by atoms with Gasteiger partial charge in [-0.3, -0.25) is 4.99 Å². The lowest BCUT2D eigenvalue weighted by molar-refractivity contribution is -0.274. The number of aliphatic imine (C=N–C) groups is 1. The summed E-state index contributed by atoms with van der Waals surface area (Å²) in [4.78, 5) is 16.5. The molecular weight excluding hydrogens is 416 g/mol. The zero-order chi connectivity index (χ0) is 22.0. The van der Waals surface area contributed by atoms with E-state index in [4.69, 9.17) is 0 Å². The third-order valence-corrected chi connectivity index (χ3v) is 5.25. The number of likely N-dealkylation sites (N-methyl/N-ethyl adjacent to an activating group) is 1. The molecular formula is C20H22F4N6O. The first kappa shape index (κ1) is 21.3. The van der Waals surface area contributed by atoms with Crippen molar-refractivity contribution in [1.29, 1.82) is 0 Å². The second kappa shape index (κ2) is 8.66. The number of hydrogen-bond acceptors (Lipinski definition) is 7. The summed E-state index contributed by atoms with van der Waals surface area (Å²) in [7, 11) is 2.02. The summed E-state index contributed by atoms with van der Waals surface area (Å²) in [5, 5.41) is 2.77. The number of anilines is 3. The molecule has 1 aromatic carbocycles. The fourth-order valence-corrected chi connectivity index (χ4v) is 3.60. The molecule has 0 saturated carbocycles. The Balaban J connectivity index is 1.64. The molecule has 0 aliphatic carbocycles. The van der Waals surface area contributed by atoms with Crippen LogP contribution in [0.3, 0.4) is 0 Å². The summed E-state index contributed by atoms with van der Waals surface area (Å²) < 4.78 is 57.1. The van der Waals surface area contributed by atoms with Gasteiger partial charge >= 0.3 is 6.36 Å². The summed E-state index contributed by atoms with van der Waals surface area (Å²) in [6.07, 6.45) is -0.831. The molecule has 31 heavy (non-hydrogen) atoms. The molecule has 2 aliphatic rings. The van der Waals surface area contributed by atoms with Crippen LogP contribution < -0.4 is 15.0 Å². The Morgan fingerprint density at radius 3 is 2.61 bits per heavy atom. The summed E-state index contributed by atoms with van der Waals surface area (Å²) >= 11 is 0. The molecule has 2 aromatic rings. The first-order valence-electron chi connectivity index (χ1n) is 9.93. The number of aromatic nitrogens is 2. The molecule has 11 heteroatoms. The average Bonchev–Trinajstić information content (AvgIpc) is 3.25.